The van der Waals surface area contributed by atoms with Crippen LogP contribution >= 0.6 is 11.3 Å². The van der Waals surface area contributed by atoms with Gasteiger partial charge in [0.05, 0.1) is 17.4 Å². The zero-order chi connectivity index (χ0) is 15.6. The molecule has 4 nitrogen and oxygen atoms in total. The molecule has 0 saturated carbocycles. The van der Waals surface area contributed by atoms with Crippen molar-refractivity contribution in [3.8, 4) is 0 Å². The second-order valence-corrected chi connectivity index (χ2v) is 6.75. The molecule has 2 rings (SSSR count). The van der Waals surface area contributed by atoms with Crippen LogP contribution in [-0.2, 0) is 7.05 Å². The second kappa shape index (κ2) is 6.71. The van der Waals surface area contributed by atoms with Crippen LogP contribution in [0.2, 0.25) is 0 Å². The Morgan fingerprint density at radius 2 is 2.05 bits per heavy atom. The lowest BCUT2D eigenvalue weighted by atomic mass is 10.0. The fourth-order valence-electron chi connectivity index (χ4n) is 2.51. The molecule has 0 aliphatic rings. The van der Waals surface area contributed by atoms with Crippen molar-refractivity contribution >= 4 is 11.3 Å². The molecule has 0 aliphatic heterocycles. The maximum Gasteiger partial charge on any atom is 0.115 e. The number of hydrogen-bond acceptors (Lipinski definition) is 4. The molecule has 116 valence electrons. The van der Waals surface area contributed by atoms with Gasteiger partial charge in [-0.2, -0.15) is 5.10 Å². The average molecular weight is 306 g/mol. The van der Waals surface area contributed by atoms with Crippen LogP contribution < -0.4 is 5.32 Å². The van der Waals surface area contributed by atoms with Gasteiger partial charge < -0.3 is 5.32 Å². The van der Waals surface area contributed by atoms with Gasteiger partial charge in [0.25, 0.3) is 0 Å². The molecule has 0 aliphatic carbocycles. The number of aromatic nitrogens is 3. The van der Waals surface area contributed by atoms with Crippen LogP contribution in [0.15, 0.2) is 5.38 Å². The van der Waals surface area contributed by atoms with Crippen molar-refractivity contribution in [3.63, 3.8) is 0 Å². The van der Waals surface area contributed by atoms with E-state index in [9.17, 15) is 0 Å². The Bertz CT molecular complexity index is 597. The molecule has 5 heteroatoms. The molecular formula is C16H26N4S. The summed E-state index contributed by atoms with van der Waals surface area (Å²) in [5, 5.41) is 11.5. The van der Waals surface area contributed by atoms with Gasteiger partial charge in [0, 0.05) is 23.7 Å². The summed E-state index contributed by atoms with van der Waals surface area (Å²) in [6, 6.07) is 0.149. The molecule has 0 radical (unpaired) electrons. The van der Waals surface area contributed by atoms with Gasteiger partial charge in [-0.1, -0.05) is 20.8 Å². The topological polar surface area (TPSA) is 42.7 Å². The summed E-state index contributed by atoms with van der Waals surface area (Å²) in [6.07, 6.45) is 1.11. The number of thiazole rings is 1. The van der Waals surface area contributed by atoms with Crippen LogP contribution in [0.4, 0.5) is 0 Å². The minimum Gasteiger partial charge on any atom is -0.304 e. The molecule has 0 spiro atoms. The van der Waals surface area contributed by atoms with Gasteiger partial charge in [-0.05, 0) is 32.7 Å². The highest BCUT2D eigenvalue weighted by Gasteiger charge is 2.24. The Morgan fingerprint density at radius 1 is 1.33 bits per heavy atom. The lowest BCUT2D eigenvalue weighted by Gasteiger charge is -2.17. The van der Waals surface area contributed by atoms with Crippen LogP contribution in [0.1, 0.15) is 66.8 Å². The quantitative estimate of drug-likeness (QED) is 0.885. The normalized spacial score (nSPS) is 13.1. The Morgan fingerprint density at radius 3 is 2.52 bits per heavy atom. The molecule has 0 fully saturated rings. The molecule has 0 saturated heterocycles. The Labute approximate surface area is 131 Å². The first-order chi connectivity index (χ1) is 9.95. The molecule has 2 aromatic rings. The van der Waals surface area contributed by atoms with Crippen molar-refractivity contribution < 1.29 is 0 Å². The molecular weight excluding hydrogens is 280 g/mol. The summed E-state index contributed by atoms with van der Waals surface area (Å²) in [5.41, 5.74) is 4.75. The SMILES string of the molecule is CCCNC(c1nc(C(C)C)cs1)c1c(C)nn(C)c1C. The van der Waals surface area contributed by atoms with E-state index < -0.39 is 0 Å². The highest BCUT2D eigenvalue weighted by molar-refractivity contribution is 7.09. The van der Waals surface area contributed by atoms with E-state index in [-0.39, 0.29) is 6.04 Å². The van der Waals surface area contributed by atoms with E-state index in [2.05, 4.69) is 50.4 Å². The largest absolute Gasteiger partial charge is 0.304 e. The predicted molar refractivity (Wildman–Crippen MR) is 89.0 cm³/mol. The minimum atomic E-state index is 0.149. The summed E-state index contributed by atoms with van der Waals surface area (Å²) in [4.78, 5) is 4.85. The molecule has 21 heavy (non-hydrogen) atoms. The van der Waals surface area contributed by atoms with Gasteiger partial charge in [0.15, 0.2) is 0 Å². The summed E-state index contributed by atoms with van der Waals surface area (Å²) < 4.78 is 1.96. The van der Waals surface area contributed by atoms with Crippen molar-refractivity contribution in [2.24, 2.45) is 7.05 Å². The molecule has 0 amide bonds. The Kier molecular flexibility index (Phi) is 5.17. The number of hydrogen-bond donors (Lipinski definition) is 1. The number of nitrogens with one attached hydrogen (secondary N) is 1. The number of rotatable bonds is 6. The molecule has 2 aromatic heterocycles. The molecule has 0 aromatic carbocycles. The molecule has 1 atom stereocenters. The Hall–Kier alpha value is -1.20. The minimum absolute atomic E-state index is 0.149. The molecule has 2 heterocycles. The predicted octanol–water partition coefficient (Wildman–Crippen LogP) is 3.71. The standard InChI is InChI=1S/C16H26N4S/c1-7-8-17-15(14-11(4)19-20(6)12(14)5)16-18-13(9-21-16)10(2)3/h9-10,15,17H,7-8H2,1-6H3. The first-order valence-corrected chi connectivity index (χ1v) is 8.52. The van der Waals surface area contributed by atoms with Crippen LogP contribution in [0.25, 0.3) is 0 Å². The third kappa shape index (κ3) is 3.35. The molecule has 0 bridgehead atoms. The summed E-state index contributed by atoms with van der Waals surface area (Å²) in [6.45, 7) is 11.8. The smallest absolute Gasteiger partial charge is 0.115 e. The van der Waals surface area contributed by atoms with Crippen molar-refractivity contribution in [2.75, 3.05) is 6.54 Å². The van der Waals surface area contributed by atoms with Gasteiger partial charge in [-0.25, -0.2) is 4.98 Å². The van der Waals surface area contributed by atoms with Crippen molar-refractivity contribution in [1.82, 2.24) is 20.1 Å². The van der Waals surface area contributed by atoms with E-state index in [4.69, 9.17) is 4.98 Å². The van der Waals surface area contributed by atoms with Crippen molar-refractivity contribution in [2.45, 2.75) is 53.0 Å². The Balaban J connectivity index is 2.42. The average Bonchev–Trinajstić information content (AvgIpc) is 3.00. The second-order valence-electron chi connectivity index (χ2n) is 5.86. The van der Waals surface area contributed by atoms with Crippen LogP contribution in [-0.4, -0.2) is 21.3 Å². The zero-order valence-electron chi connectivity index (χ0n) is 13.9. The summed E-state index contributed by atoms with van der Waals surface area (Å²) in [7, 11) is 2.00. The van der Waals surface area contributed by atoms with Gasteiger partial charge in [-0.3, -0.25) is 4.68 Å². The number of nitrogens with zero attached hydrogens (tertiary/aromatic N) is 3. The lowest BCUT2D eigenvalue weighted by Crippen LogP contribution is -2.24. The van der Waals surface area contributed by atoms with Crippen molar-refractivity contribution in [3.05, 3.63) is 33.0 Å². The maximum absolute atomic E-state index is 4.85. The van der Waals surface area contributed by atoms with Crippen LogP contribution in [0, 0.1) is 13.8 Å². The first-order valence-electron chi connectivity index (χ1n) is 7.64. The van der Waals surface area contributed by atoms with E-state index in [1.54, 1.807) is 11.3 Å². The monoisotopic (exact) mass is 306 g/mol. The third-order valence-electron chi connectivity index (χ3n) is 3.83. The highest BCUT2D eigenvalue weighted by Crippen LogP contribution is 2.31. The zero-order valence-corrected chi connectivity index (χ0v) is 14.7. The van der Waals surface area contributed by atoms with Gasteiger partial charge in [0.2, 0.25) is 0 Å². The van der Waals surface area contributed by atoms with Crippen LogP contribution in [0.3, 0.4) is 0 Å². The first kappa shape index (κ1) is 16.2. The number of aryl methyl sites for hydroxylation is 2. The summed E-state index contributed by atoms with van der Waals surface area (Å²) in [5.74, 6) is 0.470. The molecule has 1 unspecified atom stereocenters. The summed E-state index contributed by atoms with van der Waals surface area (Å²) >= 11 is 1.75. The van der Waals surface area contributed by atoms with Gasteiger partial charge >= 0.3 is 0 Å². The van der Waals surface area contributed by atoms with E-state index in [1.165, 1.54) is 17.0 Å². The van der Waals surface area contributed by atoms with Crippen LogP contribution in [0.5, 0.6) is 0 Å². The fourth-order valence-corrected chi connectivity index (χ4v) is 3.57. The van der Waals surface area contributed by atoms with Gasteiger partial charge in [0.1, 0.15) is 5.01 Å². The maximum atomic E-state index is 4.85. The molecule has 1 N–H and O–H groups in total. The lowest BCUT2D eigenvalue weighted by molar-refractivity contribution is 0.587. The van der Waals surface area contributed by atoms with Crippen molar-refractivity contribution in [1.29, 1.82) is 0 Å². The van der Waals surface area contributed by atoms with E-state index in [0.29, 0.717) is 5.92 Å². The van der Waals surface area contributed by atoms with Gasteiger partial charge in [-0.15, -0.1) is 11.3 Å². The van der Waals surface area contributed by atoms with E-state index in [1.807, 2.05) is 11.7 Å². The van der Waals surface area contributed by atoms with E-state index in [0.717, 1.165) is 23.7 Å². The third-order valence-corrected chi connectivity index (χ3v) is 4.76. The highest BCUT2D eigenvalue weighted by atomic mass is 32.1. The van der Waals surface area contributed by atoms with E-state index >= 15 is 0 Å². The fraction of sp³-hybridized carbons (Fsp3) is 0.625.